The van der Waals surface area contributed by atoms with Crippen LogP contribution in [-0.2, 0) is 0 Å². The third kappa shape index (κ3) is 1.21. The molecule has 0 saturated carbocycles. The van der Waals surface area contributed by atoms with E-state index in [4.69, 9.17) is 5.11 Å². The quantitative estimate of drug-likeness (QED) is 0.740. The van der Waals surface area contributed by atoms with Crippen molar-refractivity contribution in [2.75, 3.05) is 0 Å². The third-order valence-electron chi connectivity index (χ3n) is 2.87. The SMILES string of the molecule is O=C(O)c1cc2c(cn1)=CC1=CC=CCC=21. The zero-order valence-electron chi connectivity index (χ0n) is 8.47. The van der Waals surface area contributed by atoms with E-state index in [1.54, 1.807) is 12.3 Å². The summed E-state index contributed by atoms with van der Waals surface area (Å²) in [7, 11) is 0. The van der Waals surface area contributed by atoms with Gasteiger partial charge in [0.25, 0.3) is 0 Å². The lowest BCUT2D eigenvalue weighted by Gasteiger charge is -2.05. The van der Waals surface area contributed by atoms with Gasteiger partial charge in [-0.2, -0.15) is 0 Å². The van der Waals surface area contributed by atoms with Gasteiger partial charge in [0.15, 0.2) is 0 Å². The van der Waals surface area contributed by atoms with Crippen LogP contribution in [0.2, 0.25) is 0 Å². The Labute approximate surface area is 91.8 Å². The summed E-state index contributed by atoms with van der Waals surface area (Å²) in [4.78, 5) is 14.8. The van der Waals surface area contributed by atoms with Crippen LogP contribution in [0.3, 0.4) is 0 Å². The Kier molecular flexibility index (Phi) is 1.80. The van der Waals surface area contributed by atoms with Crippen LogP contribution in [0.15, 0.2) is 36.1 Å². The molecule has 0 spiro atoms. The number of carboxylic acids is 1. The number of carboxylic acid groups (broad SMARTS) is 1. The zero-order valence-corrected chi connectivity index (χ0v) is 8.47. The van der Waals surface area contributed by atoms with E-state index in [2.05, 4.69) is 11.1 Å². The number of allylic oxidation sites excluding steroid dienone is 4. The molecule has 1 aromatic rings. The van der Waals surface area contributed by atoms with Crippen LogP contribution < -0.4 is 10.4 Å². The largest absolute Gasteiger partial charge is 0.477 e. The van der Waals surface area contributed by atoms with E-state index in [0.717, 1.165) is 16.9 Å². The fourth-order valence-electron chi connectivity index (χ4n) is 2.10. The molecule has 0 bridgehead atoms. The van der Waals surface area contributed by atoms with E-state index in [9.17, 15) is 4.79 Å². The number of pyridine rings is 1. The number of fused-ring (bicyclic) bond motifs is 2. The van der Waals surface area contributed by atoms with E-state index in [1.165, 1.54) is 11.1 Å². The standard InChI is InChI=1S/C13H9NO2/c15-13(16)12-6-11-9(7-14-12)5-8-3-1-2-4-10(8)11/h1-3,5-7H,4H2,(H,15,16). The van der Waals surface area contributed by atoms with Crippen LogP contribution in [-0.4, -0.2) is 16.1 Å². The van der Waals surface area contributed by atoms with Crippen LogP contribution in [0, 0.1) is 0 Å². The van der Waals surface area contributed by atoms with Gasteiger partial charge in [-0.05, 0) is 34.9 Å². The maximum Gasteiger partial charge on any atom is 0.354 e. The van der Waals surface area contributed by atoms with Crippen molar-refractivity contribution in [3.05, 3.63) is 52.2 Å². The zero-order chi connectivity index (χ0) is 11.1. The second-order valence-electron chi connectivity index (χ2n) is 3.84. The van der Waals surface area contributed by atoms with Crippen molar-refractivity contribution in [1.82, 2.24) is 4.98 Å². The van der Waals surface area contributed by atoms with Gasteiger partial charge >= 0.3 is 5.97 Å². The highest BCUT2D eigenvalue weighted by molar-refractivity contribution is 5.88. The van der Waals surface area contributed by atoms with Crippen LogP contribution in [0.25, 0.3) is 11.6 Å². The smallest absolute Gasteiger partial charge is 0.354 e. The molecule has 2 aliphatic rings. The van der Waals surface area contributed by atoms with Crippen LogP contribution in [0.5, 0.6) is 0 Å². The average molecular weight is 211 g/mol. The number of aromatic carboxylic acids is 1. The molecule has 0 saturated heterocycles. The highest BCUT2D eigenvalue weighted by Gasteiger charge is 2.14. The Morgan fingerprint density at radius 2 is 2.31 bits per heavy atom. The predicted molar refractivity (Wildman–Crippen MR) is 60.2 cm³/mol. The van der Waals surface area contributed by atoms with Crippen molar-refractivity contribution >= 4 is 17.6 Å². The number of hydrogen-bond donors (Lipinski definition) is 1. The minimum Gasteiger partial charge on any atom is -0.477 e. The first-order chi connectivity index (χ1) is 7.75. The van der Waals surface area contributed by atoms with E-state index in [-0.39, 0.29) is 5.69 Å². The number of carbonyl (C=O) groups is 1. The van der Waals surface area contributed by atoms with E-state index < -0.39 is 5.97 Å². The van der Waals surface area contributed by atoms with Crippen molar-refractivity contribution in [3.63, 3.8) is 0 Å². The van der Waals surface area contributed by atoms with Gasteiger partial charge in [0, 0.05) is 11.4 Å². The Balaban J connectivity index is 2.34. The topological polar surface area (TPSA) is 50.2 Å². The molecule has 1 heterocycles. The minimum absolute atomic E-state index is 0.107. The van der Waals surface area contributed by atoms with Gasteiger partial charge in [0.05, 0.1) is 0 Å². The predicted octanol–water partition coefficient (Wildman–Crippen LogP) is 0.611. The number of aromatic nitrogens is 1. The lowest BCUT2D eigenvalue weighted by Crippen LogP contribution is -2.25. The number of hydrogen-bond acceptors (Lipinski definition) is 2. The summed E-state index contributed by atoms with van der Waals surface area (Å²) in [5, 5.41) is 10.9. The average Bonchev–Trinajstić information content (AvgIpc) is 2.66. The molecule has 16 heavy (non-hydrogen) atoms. The highest BCUT2D eigenvalue weighted by Crippen LogP contribution is 2.22. The second-order valence-corrected chi connectivity index (χ2v) is 3.84. The number of nitrogens with zero attached hydrogens (tertiary/aromatic N) is 1. The van der Waals surface area contributed by atoms with E-state index in [1.807, 2.05) is 18.2 Å². The normalized spacial score (nSPS) is 16.2. The molecule has 0 radical (unpaired) electrons. The molecule has 0 fully saturated rings. The molecule has 0 aliphatic heterocycles. The van der Waals surface area contributed by atoms with Gasteiger partial charge in [-0.25, -0.2) is 9.78 Å². The summed E-state index contributed by atoms with van der Waals surface area (Å²) in [6.45, 7) is 0. The summed E-state index contributed by atoms with van der Waals surface area (Å²) >= 11 is 0. The van der Waals surface area contributed by atoms with Crippen molar-refractivity contribution in [1.29, 1.82) is 0 Å². The molecule has 0 amide bonds. The second kappa shape index (κ2) is 3.17. The molecule has 3 heteroatoms. The highest BCUT2D eigenvalue weighted by atomic mass is 16.4. The van der Waals surface area contributed by atoms with Gasteiger partial charge in [-0.15, -0.1) is 0 Å². The Morgan fingerprint density at radius 3 is 3.12 bits per heavy atom. The first kappa shape index (κ1) is 9.09. The minimum atomic E-state index is -0.979. The van der Waals surface area contributed by atoms with Gasteiger partial charge in [0.1, 0.15) is 5.69 Å². The van der Waals surface area contributed by atoms with Crippen molar-refractivity contribution in [2.45, 2.75) is 6.42 Å². The summed E-state index contributed by atoms with van der Waals surface area (Å²) < 4.78 is 0. The molecule has 3 nitrogen and oxygen atoms in total. The Bertz CT molecular complexity index is 666. The third-order valence-corrected chi connectivity index (χ3v) is 2.87. The molecule has 1 N–H and O–H groups in total. The van der Waals surface area contributed by atoms with Gasteiger partial charge < -0.3 is 5.11 Å². The summed E-state index contributed by atoms with van der Waals surface area (Å²) in [5.41, 5.74) is 2.47. The maximum absolute atomic E-state index is 10.9. The summed E-state index contributed by atoms with van der Waals surface area (Å²) in [6.07, 6.45) is 10.7. The molecule has 0 unspecified atom stereocenters. The Morgan fingerprint density at radius 1 is 1.44 bits per heavy atom. The maximum atomic E-state index is 10.9. The summed E-state index contributed by atoms with van der Waals surface area (Å²) in [6, 6.07) is 1.66. The summed E-state index contributed by atoms with van der Waals surface area (Å²) in [5.74, 6) is -0.979. The Hall–Kier alpha value is -2.16. The molecular weight excluding hydrogens is 202 g/mol. The molecule has 0 aromatic carbocycles. The first-order valence-electron chi connectivity index (χ1n) is 5.07. The van der Waals surface area contributed by atoms with Gasteiger partial charge in [-0.3, -0.25) is 0 Å². The fraction of sp³-hybridized carbons (Fsp3) is 0.0769. The fourth-order valence-corrected chi connectivity index (χ4v) is 2.10. The lowest BCUT2D eigenvalue weighted by atomic mass is 10.0. The van der Waals surface area contributed by atoms with Gasteiger partial charge in [-0.1, -0.05) is 18.2 Å². The molecular formula is C13H9NO2. The molecule has 0 atom stereocenters. The van der Waals surface area contributed by atoms with Gasteiger partial charge in [0.2, 0.25) is 0 Å². The lowest BCUT2D eigenvalue weighted by molar-refractivity contribution is 0.0690. The first-order valence-corrected chi connectivity index (χ1v) is 5.07. The molecule has 2 aliphatic carbocycles. The van der Waals surface area contributed by atoms with E-state index in [0.29, 0.717) is 0 Å². The molecule has 78 valence electrons. The van der Waals surface area contributed by atoms with Crippen LogP contribution in [0.1, 0.15) is 16.9 Å². The van der Waals surface area contributed by atoms with E-state index >= 15 is 0 Å². The van der Waals surface area contributed by atoms with Crippen LogP contribution in [0.4, 0.5) is 0 Å². The molecule has 1 aromatic heterocycles. The number of rotatable bonds is 1. The van der Waals surface area contributed by atoms with Crippen molar-refractivity contribution in [3.8, 4) is 0 Å². The molecule has 3 rings (SSSR count). The van der Waals surface area contributed by atoms with Crippen molar-refractivity contribution in [2.24, 2.45) is 0 Å². The van der Waals surface area contributed by atoms with Crippen molar-refractivity contribution < 1.29 is 9.90 Å². The van der Waals surface area contributed by atoms with Crippen LogP contribution >= 0.6 is 0 Å². The monoisotopic (exact) mass is 211 g/mol.